The number of carbonyl (C=O) groups excluding carboxylic acids is 1. The first-order valence-corrected chi connectivity index (χ1v) is 6.36. The molecule has 0 atom stereocenters. The van der Waals surface area contributed by atoms with Crippen molar-refractivity contribution in [2.45, 2.75) is 37.8 Å². The minimum absolute atomic E-state index is 0.158. The highest BCUT2D eigenvalue weighted by Crippen LogP contribution is 2.18. The lowest BCUT2D eigenvalue weighted by Gasteiger charge is -2.28. The van der Waals surface area contributed by atoms with Crippen LogP contribution in [0.5, 0.6) is 0 Å². The lowest BCUT2D eigenvalue weighted by atomic mass is 9.91. The molecule has 1 heterocycles. The molecule has 1 aliphatic carbocycles. The molecule has 0 spiro atoms. The average Bonchev–Trinajstić information content (AvgIpc) is 2.39. The molecule has 0 unspecified atom stereocenters. The molecule has 18 heavy (non-hydrogen) atoms. The van der Waals surface area contributed by atoms with Gasteiger partial charge in [-0.3, -0.25) is 9.59 Å². The van der Waals surface area contributed by atoms with Gasteiger partial charge in [0.2, 0.25) is 5.56 Å². The van der Waals surface area contributed by atoms with Gasteiger partial charge in [-0.2, -0.15) is 0 Å². The maximum atomic E-state index is 11.9. The van der Waals surface area contributed by atoms with E-state index in [4.69, 9.17) is 0 Å². The number of hydrogen-bond donors (Lipinski definition) is 3. The number of rotatable bonds is 3. The van der Waals surface area contributed by atoms with Crippen molar-refractivity contribution in [2.24, 2.45) is 0 Å². The van der Waals surface area contributed by atoms with E-state index in [0.717, 1.165) is 25.7 Å². The Morgan fingerprint density at radius 3 is 2.56 bits per heavy atom. The molecule has 5 heteroatoms. The van der Waals surface area contributed by atoms with Crippen molar-refractivity contribution in [3.05, 3.63) is 34.2 Å². The fourth-order valence-corrected chi connectivity index (χ4v) is 2.38. The smallest absolute Gasteiger partial charge is 0.251 e. The SMILES string of the molecule is CNC1CCC(NC(=O)c2cc[nH]c(=O)c2)CC1. The Labute approximate surface area is 106 Å². The first kappa shape index (κ1) is 12.8. The summed E-state index contributed by atoms with van der Waals surface area (Å²) in [4.78, 5) is 25.6. The lowest BCUT2D eigenvalue weighted by Crippen LogP contribution is -2.41. The van der Waals surface area contributed by atoms with Crippen LogP contribution < -0.4 is 16.2 Å². The lowest BCUT2D eigenvalue weighted by molar-refractivity contribution is 0.0924. The van der Waals surface area contributed by atoms with Crippen LogP contribution in [0.3, 0.4) is 0 Å². The number of aromatic nitrogens is 1. The summed E-state index contributed by atoms with van der Waals surface area (Å²) >= 11 is 0. The van der Waals surface area contributed by atoms with Crippen molar-refractivity contribution < 1.29 is 4.79 Å². The molecule has 0 saturated heterocycles. The third-order valence-electron chi connectivity index (χ3n) is 3.51. The number of H-pyrrole nitrogens is 1. The van der Waals surface area contributed by atoms with E-state index in [1.165, 1.54) is 12.3 Å². The van der Waals surface area contributed by atoms with Crippen molar-refractivity contribution in [2.75, 3.05) is 7.05 Å². The second kappa shape index (κ2) is 5.82. The molecule has 1 aromatic rings. The highest BCUT2D eigenvalue weighted by Gasteiger charge is 2.21. The third-order valence-corrected chi connectivity index (χ3v) is 3.51. The van der Waals surface area contributed by atoms with Gasteiger partial charge in [-0.25, -0.2) is 0 Å². The van der Waals surface area contributed by atoms with Gasteiger partial charge in [-0.1, -0.05) is 0 Å². The van der Waals surface area contributed by atoms with Crippen molar-refractivity contribution in [1.29, 1.82) is 0 Å². The van der Waals surface area contributed by atoms with Crippen LogP contribution in [0.4, 0.5) is 0 Å². The predicted molar refractivity (Wildman–Crippen MR) is 69.6 cm³/mol. The molecule has 2 rings (SSSR count). The van der Waals surface area contributed by atoms with Gasteiger partial charge in [0, 0.05) is 29.9 Å². The van der Waals surface area contributed by atoms with Crippen molar-refractivity contribution in [3.8, 4) is 0 Å². The fourth-order valence-electron chi connectivity index (χ4n) is 2.38. The van der Waals surface area contributed by atoms with Crippen LogP contribution in [-0.2, 0) is 0 Å². The van der Waals surface area contributed by atoms with E-state index in [0.29, 0.717) is 11.6 Å². The molecule has 1 fully saturated rings. The molecule has 98 valence electrons. The number of hydrogen-bond acceptors (Lipinski definition) is 3. The first-order valence-electron chi connectivity index (χ1n) is 6.36. The van der Waals surface area contributed by atoms with Crippen molar-refractivity contribution in [3.63, 3.8) is 0 Å². The molecule has 1 aromatic heterocycles. The number of amides is 1. The zero-order valence-corrected chi connectivity index (χ0v) is 10.5. The number of nitrogens with one attached hydrogen (secondary N) is 3. The van der Waals surface area contributed by atoms with E-state index in [1.54, 1.807) is 6.07 Å². The summed E-state index contributed by atoms with van der Waals surface area (Å²) in [5, 5.41) is 6.25. The van der Waals surface area contributed by atoms with Gasteiger partial charge >= 0.3 is 0 Å². The zero-order chi connectivity index (χ0) is 13.0. The molecular formula is C13H19N3O2. The first-order chi connectivity index (χ1) is 8.69. The van der Waals surface area contributed by atoms with E-state index in [-0.39, 0.29) is 17.5 Å². The average molecular weight is 249 g/mol. The van der Waals surface area contributed by atoms with Crippen molar-refractivity contribution >= 4 is 5.91 Å². The van der Waals surface area contributed by atoms with Crippen LogP contribution in [-0.4, -0.2) is 30.0 Å². The number of carbonyl (C=O) groups is 1. The Morgan fingerprint density at radius 2 is 1.94 bits per heavy atom. The van der Waals surface area contributed by atoms with E-state index in [9.17, 15) is 9.59 Å². The van der Waals surface area contributed by atoms with Crippen LogP contribution >= 0.6 is 0 Å². The molecule has 3 N–H and O–H groups in total. The summed E-state index contributed by atoms with van der Waals surface area (Å²) in [6, 6.07) is 3.74. The Bertz CT molecular complexity index is 461. The van der Waals surface area contributed by atoms with Crippen LogP contribution in [0.15, 0.2) is 23.1 Å². The summed E-state index contributed by atoms with van der Waals surface area (Å²) < 4.78 is 0. The molecule has 0 aromatic carbocycles. The number of aromatic amines is 1. The van der Waals surface area contributed by atoms with Gasteiger partial charge in [0.05, 0.1) is 0 Å². The second-order valence-corrected chi connectivity index (χ2v) is 4.75. The molecule has 0 bridgehead atoms. The Balaban J connectivity index is 1.90. The summed E-state index contributed by atoms with van der Waals surface area (Å²) in [5.74, 6) is -0.158. The summed E-state index contributed by atoms with van der Waals surface area (Å²) in [6.07, 6.45) is 5.63. The Kier molecular flexibility index (Phi) is 4.15. The Morgan fingerprint density at radius 1 is 1.28 bits per heavy atom. The van der Waals surface area contributed by atoms with E-state index in [1.807, 2.05) is 7.05 Å². The summed E-state index contributed by atoms with van der Waals surface area (Å²) in [6.45, 7) is 0. The predicted octanol–water partition coefficient (Wildman–Crippen LogP) is 0.635. The quantitative estimate of drug-likeness (QED) is 0.736. The molecule has 0 aliphatic heterocycles. The van der Waals surface area contributed by atoms with Gasteiger partial charge in [-0.05, 0) is 38.8 Å². The topological polar surface area (TPSA) is 74.0 Å². The van der Waals surface area contributed by atoms with Crippen LogP contribution in [0.2, 0.25) is 0 Å². The minimum Gasteiger partial charge on any atom is -0.349 e. The molecule has 5 nitrogen and oxygen atoms in total. The van der Waals surface area contributed by atoms with Gasteiger partial charge in [0.1, 0.15) is 0 Å². The minimum atomic E-state index is -0.249. The van der Waals surface area contributed by atoms with Gasteiger partial charge in [0.25, 0.3) is 5.91 Å². The van der Waals surface area contributed by atoms with Crippen LogP contribution in [0, 0.1) is 0 Å². The number of pyridine rings is 1. The van der Waals surface area contributed by atoms with Gasteiger partial charge in [-0.15, -0.1) is 0 Å². The highest BCUT2D eigenvalue weighted by atomic mass is 16.2. The van der Waals surface area contributed by atoms with Gasteiger partial charge in [0.15, 0.2) is 0 Å². The molecular weight excluding hydrogens is 230 g/mol. The maximum absolute atomic E-state index is 11.9. The summed E-state index contributed by atoms with van der Waals surface area (Å²) in [5.41, 5.74) is 0.177. The molecule has 1 amide bonds. The largest absolute Gasteiger partial charge is 0.349 e. The fraction of sp³-hybridized carbons (Fsp3) is 0.538. The van der Waals surface area contributed by atoms with E-state index >= 15 is 0 Å². The van der Waals surface area contributed by atoms with Crippen LogP contribution in [0.25, 0.3) is 0 Å². The van der Waals surface area contributed by atoms with Crippen LogP contribution in [0.1, 0.15) is 36.0 Å². The normalized spacial score (nSPS) is 23.6. The second-order valence-electron chi connectivity index (χ2n) is 4.75. The summed E-state index contributed by atoms with van der Waals surface area (Å²) in [7, 11) is 1.97. The van der Waals surface area contributed by atoms with Crippen molar-refractivity contribution in [1.82, 2.24) is 15.6 Å². The molecule has 1 aliphatic rings. The zero-order valence-electron chi connectivity index (χ0n) is 10.5. The highest BCUT2D eigenvalue weighted by molar-refractivity contribution is 5.94. The van der Waals surface area contributed by atoms with Gasteiger partial charge < -0.3 is 15.6 Å². The maximum Gasteiger partial charge on any atom is 0.251 e. The monoisotopic (exact) mass is 249 g/mol. The molecule has 1 saturated carbocycles. The van der Waals surface area contributed by atoms with E-state index in [2.05, 4.69) is 15.6 Å². The van der Waals surface area contributed by atoms with E-state index < -0.39 is 0 Å². The Hall–Kier alpha value is -1.62. The standard InChI is InChI=1S/C13H19N3O2/c1-14-10-2-4-11(5-3-10)16-13(18)9-6-7-15-12(17)8-9/h6-8,10-11,14H,2-5H2,1H3,(H,15,17)(H,16,18). The molecule has 0 radical (unpaired) electrons. The third kappa shape index (κ3) is 3.20.